The molecule has 9 nitrogen and oxygen atoms in total. The van der Waals surface area contributed by atoms with E-state index in [4.69, 9.17) is 15.2 Å². The van der Waals surface area contributed by atoms with Gasteiger partial charge in [-0.05, 0) is 51.5 Å². The maximum atomic E-state index is 13.1. The number of fused-ring (bicyclic) bond motifs is 1. The molecule has 2 N–H and O–H groups in total. The summed E-state index contributed by atoms with van der Waals surface area (Å²) >= 11 is 0.800. The van der Waals surface area contributed by atoms with Gasteiger partial charge in [-0.1, -0.05) is 19.1 Å². The first-order valence-electron chi connectivity index (χ1n) is 9.98. The van der Waals surface area contributed by atoms with Crippen LogP contribution in [-0.4, -0.2) is 63.4 Å². The van der Waals surface area contributed by atoms with Crippen LogP contribution in [0.15, 0.2) is 24.3 Å². The van der Waals surface area contributed by atoms with Gasteiger partial charge in [0.25, 0.3) is 11.8 Å². The molecule has 1 atom stereocenters. The molecular formula is C21H29N3O6S. The molecular weight excluding hydrogens is 422 g/mol. The lowest BCUT2D eigenvalue weighted by Gasteiger charge is -2.34. The van der Waals surface area contributed by atoms with E-state index in [-0.39, 0.29) is 30.6 Å². The van der Waals surface area contributed by atoms with Gasteiger partial charge in [0.2, 0.25) is 0 Å². The van der Waals surface area contributed by atoms with Crippen molar-refractivity contribution in [3.8, 4) is 0 Å². The van der Waals surface area contributed by atoms with Crippen LogP contribution < -0.4 is 5.73 Å². The lowest BCUT2D eigenvalue weighted by Crippen LogP contribution is -2.54. The molecule has 0 aromatic heterocycles. The Balaban J connectivity index is 2.39. The van der Waals surface area contributed by atoms with E-state index >= 15 is 0 Å². The molecule has 3 amide bonds. The lowest BCUT2D eigenvalue weighted by atomic mass is 10.1. The molecule has 0 spiro atoms. The van der Waals surface area contributed by atoms with Crippen LogP contribution in [0.2, 0.25) is 0 Å². The fraction of sp³-hybridized carbons (Fsp3) is 0.476. The van der Waals surface area contributed by atoms with Crippen molar-refractivity contribution >= 4 is 40.7 Å². The topological polar surface area (TPSA) is 119 Å². The van der Waals surface area contributed by atoms with Crippen molar-refractivity contribution in [2.45, 2.75) is 52.2 Å². The fourth-order valence-electron chi connectivity index (χ4n) is 3.00. The number of esters is 1. The summed E-state index contributed by atoms with van der Waals surface area (Å²) in [5, 5.41) is 2.34. The van der Waals surface area contributed by atoms with E-state index in [0.29, 0.717) is 5.75 Å². The number of rotatable bonds is 9. The van der Waals surface area contributed by atoms with Gasteiger partial charge in [0.1, 0.15) is 11.6 Å². The second kappa shape index (κ2) is 10.5. The molecule has 0 aliphatic carbocycles. The van der Waals surface area contributed by atoms with Crippen LogP contribution >= 0.6 is 11.4 Å². The average molecular weight is 452 g/mol. The van der Waals surface area contributed by atoms with E-state index in [1.54, 1.807) is 50.5 Å². The van der Waals surface area contributed by atoms with E-state index in [9.17, 15) is 19.2 Å². The van der Waals surface area contributed by atoms with Crippen molar-refractivity contribution < 1.29 is 28.7 Å². The minimum atomic E-state index is -0.975. The number of carbonyl (C=O) groups is 4. The van der Waals surface area contributed by atoms with Crippen LogP contribution in [0.25, 0.3) is 0 Å². The first-order chi connectivity index (χ1) is 14.6. The highest BCUT2D eigenvalue weighted by molar-refractivity contribution is 7.97. The third-order valence-corrected chi connectivity index (χ3v) is 5.02. The molecule has 1 aliphatic heterocycles. The van der Waals surface area contributed by atoms with Crippen molar-refractivity contribution in [1.82, 2.24) is 10.0 Å². The highest BCUT2D eigenvalue weighted by Crippen LogP contribution is 2.27. The van der Waals surface area contributed by atoms with Gasteiger partial charge in [0.15, 0.2) is 0 Å². The highest BCUT2D eigenvalue weighted by atomic mass is 32.1. The fourth-order valence-corrected chi connectivity index (χ4v) is 3.60. The third-order valence-electron chi connectivity index (χ3n) is 4.25. The summed E-state index contributed by atoms with van der Waals surface area (Å²) < 4.78 is 10.3. The number of hydrogen-bond donors (Lipinski definition) is 2. The molecule has 1 aliphatic rings. The zero-order valence-corrected chi connectivity index (χ0v) is 19.1. The second-order valence-electron chi connectivity index (χ2n) is 7.82. The third kappa shape index (κ3) is 6.38. The first-order valence-corrected chi connectivity index (χ1v) is 11.1. The average Bonchev–Trinajstić information content (AvgIpc) is 2.93. The summed E-state index contributed by atoms with van der Waals surface area (Å²) in [4.78, 5) is 50.0. The molecule has 10 heteroatoms. The normalized spacial score (nSPS) is 15.1. The van der Waals surface area contributed by atoms with Crippen LogP contribution in [-0.2, 0) is 14.3 Å². The number of imide groups is 1. The standard InChI is InChI=1S/C21H29N3O6S/c1-5-31-13-23(24-17(25)14-9-6-7-10-15(14)18(24)26)16(11-8-12-29-20(22)28)19(27)30-21(2,3)4/h6-7,9-10,13,16,31H,5,8,11-12H2,1-4H3,(H2,22,28). The van der Waals surface area contributed by atoms with Crippen LogP contribution in [0.3, 0.4) is 0 Å². The second-order valence-corrected chi connectivity index (χ2v) is 9.05. The molecule has 1 unspecified atom stereocenters. The van der Waals surface area contributed by atoms with Gasteiger partial charge in [-0.15, -0.1) is 0 Å². The van der Waals surface area contributed by atoms with Gasteiger partial charge < -0.3 is 15.2 Å². The Morgan fingerprint density at radius 1 is 1.19 bits per heavy atom. The van der Waals surface area contributed by atoms with E-state index in [2.05, 4.69) is 0 Å². The SMILES string of the molecule is CC[SH]=CN(C(CCCOC(N)=O)C(=O)OC(C)(C)C)N1C(=O)c2ccccc2C1=O. The van der Waals surface area contributed by atoms with Gasteiger partial charge >= 0.3 is 12.1 Å². The summed E-state index contributed by atoms with van der Waals surface area (Å²) in [7, 11) is 0. The molecule has 170 valence electrons. The van der Waals surface area contributed by atoms with Crippen LogP contribution in [0, 0.1) is 0 Å². The molecule has 1 aromatic rings. The molecule has 0 saturated heterocycles. The molecule has 31 heavy (non-hydrogen) atoms. The van der Waals surface area contributed by atoms with Crippen molar-refractivity contribution in [2.75, 3.05) is 12.4 Å². The van der Waals surface area contributed by atoms with E-state index < -0.39 is 35.5 Å². The Labute approximate surface area is 185 Å². The number of carbonyl (C=O) groups excluding carboxylic acids is 4. The van der Waals surface area contributed by atoms with Gasteiger partial charge in [0, 0.05) is 5.49 Å². The van der Waals surface area contributed by atoms with Crippen molar-refractivity contribution in [2.24, 2.45) is 5.73 Å². The quantitative estimate of drug-likeness (QED) is 0.194. The summed E-state index contributed by atoms with van der Waals surface area (Å²) in [6.45, 7) is 7.13. The highest BCUT2D eigenvalue weighted by Gasteiger charge is 2.43. The van der Waals surface area contributed by atoms with E-state index in [1.165, 1.54) is 5.01 Å². The molecule has 1 heterocycles. The molecule has 0 saturated carbocycles. The maximum absolute atomic E-state index is 13.1. The predicted octanol–water partition coefficient (Wildman–Crippen LogP) is 2.33. The van der Waals surface area contributed by atoms with E-state index in [0.717, 1.165) is 16.4 Å². The Bertz CT molecular complexity index is 845. The van der Waals surface area contributed by atoms with Gasteiger partial charge in [-0.3, -0.25) is 14.4 Å². The first kappa shape index (κ1) is 24.5. The van der Waals surface area contributed by atoms with Crippen LogP contribution in [0.1, 0.15) is 61.3 Å². The Hall–Kier alpha value is -2.72. The lowest BCUT2D eigenvalue weighted by molar-refractivity contribution is -0.162. The Morgan fingerprint density at radius 2 is 1.77 bits per heavy atom. The Morgan fingerprint density at radius 3 is 2.26 bits per heavy atom. The number of ether oxygens (including phenoxy) is 2. The number of nitrogens with zero attached hydrogens (tertiary/aromatic N) is 2. The smallest absolute Gasteiger partial charge is 0.404 e. The van der Waals surface area contributed by atoms with Gasteiger partial charge in [-0.2, -0.15) is 21.4 Å². The van der Waals surface area contributed by atoms with Crippen molar-refractivity contribution in [3.05, 3.63) is 35.4 Å². The number of hydrogen-bond acceptors (Lipinski definition) is 6. The molecule has 0 fully saturated rings. The number of nitrogens with two attached hydrogens (primary N) is 1. The van der Waals surface area contributed by atoms with Gasteiger partial charge in [-0.25, -0.2) is 4.79 Å². The maximum Gasteiger partial charge on any atom is 0.404 e. The molecule has 0 bridgehead atoms. The van der Waals surface area contributed by atoms with Gasteiger partial charge in [0.05, 0.1) is 17.7 Å². The Kier molecular flexibility index (Phi) is 8.35. The van der Waals surface area contributed by atoms with Crippen LogP contribution in [0.5, 0.6) is 0 Å². The molecule has 1 aromatic carbocycles. The molecule has 0 radical (unpaired) electrons. The minimum Gasteiger partial charge on any atom is -0.459 e. The monoisotopic (exact) mass is 451 g/mol. The zero-order chi connectivity index (χ0) is 23.2. The van der Waals surface area contributed by atoms with Crippen molar-refractivity contribution in [3.63, 3.8) is 0 Å². The van der Waals surface area contributed by atoms with Crippen LogP contribution in [0.4, 0.5) is 4.79 Å². The van der Waals surface area contributed by atoms with Crippen molar-refractivity contribution in [1.29, 1.82) is 0 Å². The van der Waals surface area contributed by atoms with E-state index in [1.807, 2.05) is 6.92 Å². The number of benzene rings is 1. The number of amides is 3. The summed E-state index contributed by atoms with van der Waals surface area (Å²) in [6.07, 6.45) is -0.462. The predicted molar refractivity (Wildman–Crippen MR) is 119 cm³/mol. The summed E-state index contributed by atoms with van der Waals surface area (Å²) in [6, 6.07) is 5.54. The number of thiol groups is 1. The number of primary amides is 1. The zero-order valence-electron chi connectivity index (χ0n) is 18.2. The minimum absolute atomic E-state index is 0.00389. The molecule has 2 rings (SSSR count). The number of hydrazine groups is 1. The summed E-state index contributed by atoms with van der Waals surface area (Å²) in [5.74, 6) is -0.897. The largest absolute Gasteiger partial charge is 0.459 e. The summed E-state index contributed by atoms with van der Waals surface area (Å²) in [5.41, 5.74) is 6.41.